The second-order valence-electron chi connectivity index (χ2n) is 4.13. The number of hydrogen-bond donors (Lipinski definition) is 2. The zero-order valence-corrected chi connectivity index (χ0v) is 8.09. The maximum atomic E-state index is 9.82. The van der Waals surface area contributed by atoms with Gasteiger partial charge in [-0.15, -0.1) is 0 Å². The normalized spacial score (nSPS) is 18.7. The molecule has 0 aromatic heterocycles. The average molecular weight is 177 g/mol. The summed E-state index contributed by atoms with van der Waals surface area (Å²) < 4.78 is 0. The molecule has 3 N–H and O–H groups in total. The monoisotopic (exact) mass is 177 g/mol. The van der Waals surface area contributed by atoms with E-state index in [1.807, 2.05) is 26.0 Å². The van der Waals surface area contributed by atoms with Crippen LogP contribution in [-0.4, -0.2) is 5.11 Å². The number of phenolic OH excluding ortho intramolecular Hbond substituents is 1. The van der Waals surface area contributed by atoms with Gasteiger partial charge < -0.3 is 10.8 Å². The first kappa shape index (κ1) is 8.57. The van der Waals surface area contributed by atoms with Crippen molar-refractivity contribution in [2.45, 2.75) is 32.2 Å². The SMILES string of the molecule is Cc1cc(C)c(O)c(C2(N)CC2)c1. The number of aromatic hydroxyl groups is 1. The van der Waals surface area contributed by atoms with Crippen LogP contribution in [0.2, 0.25) is 0 Å². The molecule has 1 aliphatic carbocycles. The van der Waals surface area contributed by atoms with Crippen LogP contribution in [0, 0.1) is 13.8 Å². The summed E-state index contributed by atoms with van der Waals surface area (Å²) >= 11 is 0. The predicted octanol–water partition coefficient (Wildman–Crippen LogP) is 1.96. The molecule has 2 nitrogen and oxygen atoms in total. The fraction of sp³-hybridized carbons (Fsp3) is 0.455. The van der Waals surface area contributed by atoms with Crippen molar-refractivity contribution < 1.29 is 5.11 Å². The number of rotatable bonds is 1. The number of aryl methyl sites for hydroxylation is 2. The maximum absolute atomic E-state index is 9.82. The molecule has 1 aromatic rings. The highest BCUT2D eigenvalue weighted by molar-refractivity contribution is 5.48. The van der Waals surface area contributed by atoms with Crippen LogP contribution in [0.3, 0.4) is 0 Å². The lowest BCUT2D eigenvalue weighted by Crippen LogP contribution is -2.19. The quantitative estimate of drug-likeness (QED) is 0.688. The van der Waals surface area contributed by atoms with Gasteiger partial charge in [0.05, 0.1) is 0 Å². The highest BCUT2D eigenvalue weighted by Crippen LogP contribution is 2.47. The zero-order chi connectivity index (χ0) is 9.64. The van der Waals surface area contributed by atoms with Crippen LogP contribution in [0.15, 0.2) is 12.1 Å². The van der Waals surface area contributed by atoms with Crippen LogP contribution in [0.5, 0.6) is 5.75 Å². The van der Waals surface area contributed by atoms with E-state index in [1.165, 1.54) is 5.56 Å². The van der Waals surface area contributed by atoms with E-state index in [2.05, 4.69) is 0 Å². The van der Waals surface area contributed by atoms with Crippen molar-refractivity contribution in [1.82, 2.24) is 0 Å². The molecule has 0 heterocycles. The first-order valence-corrected chi connectivity index (χ1v) is 4.62. The number of hydrogen-bond acceptors (Lipinski definition) is 2. The summed E-state index contributed by atoms with van der Waals surface area (Å²) in [7, 11) is 0. The maximum Gasteiger partial charge on any atom is 0.123 e. The molecule has 0 saturated heterocycles. The lowest BCUT2D eigenvalue weighted by molar-refractivity contribution is 0.455. The van der Waals surface area contributed by atoms with Crippen LogP contribution in [0.4, 0.5) is 0 Å². The Balaban J connectivity index is 2.56. The molecule has 1 aliphatic rings. The highest BCUT2D eigenvalue weighted by Gasteiger charge is 2.42. The van der Waals surface area contributed by atoms with E-state index >= 15 is 0 Å². The largest absolute Gasteiger partial charge is 0.507 e. The lowest BCUT2D eigenvalue weighted by atomic mass is 9.99. The molecule has 0 spiro atoms. The standard InChI is InChI=1S/C11H15NO/c1-7-5-8(2)10(13)9(6-7)11(12)3-4-11/h5-6,13H,3-4,12H2,1-2H3. The van der Waals surface area contributed by atoms with Crippen molar-refractivity contribution >= 4 is 0 Å². The third-order valence-electron chi connectivity index (χ3n) is 2.77. The van der Waals surface area contributed by atoms with Crippen LogP contribution >= 0.6 is 0 Å². The predicted molar refractivity (Wildman–Crippen MR) is 52.7 cm³/mol. The van der Waals surface area contributed by atoms with E-state index in [-0.39, 0.29) is 5.54 Å². The summed E-state index contributed by atoms with van der Waals surface area (Å²) in [6.07, 6.45) is 1.98. The lowest BCUT2D eigenvalue weighted by Gasteiger charge is -2.14. The minimum Gasteiger partial charge on any atom is -0.507 e. The van der Waals surface area contributed by atoms with E-state index in [4.69, 9.17) is 5.73 Å². The molecule has 1 fully saturated rings. The molecule has 0 amide bonds. The third kappa shape index (κ3) is 1.31. The summed E-state index contributed by atoms with van der Waals surface area (Å²) in [6, 6.07) is 3.97. The summed E-state index contributed by atoms with van der Waals surface area (Å²) in [5.41, 5.74) is 8.82. The van der Waals surface area contributed by atoms with Crippen molar-refractivity contribution in [3.05, 3.63) is 28.8 Å². The molecule has 70 valence electrons. The topological polar surface area (TPSA) is 46.2 Å². The van der Waals surface area contributed by atoms with E-state index in [9.17, 15) is 5.11 Å². The van der Waals surface area contributed by atoms with Gasteiger partial charge in [-0.25, -0.2) is 0 Å². The van der Waals surface area contributed by atoms with Crippen molar-refractivity contribution in [2.24, 2.45) is 5.73 Å². The Morgan fingerprint density at radius 3 is 2.46 bits per heavy atom. The second-order valence-corrected chi connectivity index (χ2v) is 4.13. The molecule has 1 aromatic carbocycles. The second kappa shape index (κ2) is 2.48. The Morgan fingerprint density at radius 2 is 1.92 bits per heavy atom. The Labute approximate surface area is 78.4 Å². The first-order valence-electron chi connectivity index (χ1n) is 4.62. The summed E-state index contributed by atoms with van der Waals surface area (Å²) in [6.45, 7) is 3.94. The van der Waals surface area contributed by atoms with Gasteiger partial charge in [0.25, 0.3) is 0 Å². The molecular formula is C11H15NO. The molecule has 1 saturated carbocycles. The molecule has 0 aliphatic heterocycles. The van der Waals surface area contributed by atoms with E-state index in [0.717, 1.165) is 24.0 Å². The van der Waals surface area contributed by atoms with Crippen molar-refractivity contribution in [2.75, 3.05) is 0 Å². The van der Waals surface area contributed by atoms with Crippen LogP contribution in [0.25, 0.3) is 0 Å². The molecule has 2 heteroatoms. The fourth-order valence-electron chi connectivity index (χ4n) is 1.74. The van der Waals surface area contributed by atoms with Crippen molar-refractivity contribution in [1.29, 1.82) is 0 Å². The van der Waals surface area contributed by atoms with Gasteiger partial charge in [0.15, 0.2) is 0 Å². The summed E-state index contributed by atoms with van der Waals surface area (Å²) in [5.74, 6) is 0.380. The van der Waals surface area contributed by atoms with Gasteiger partial charge in [-0.05, 0) is 32.3 Å². The number of nitrogens with two attached hydrogens (primary N) is 1. The van der Waals surface area contributed by atoms with E-state index in [1.54, 1.807) is 0 Å². The Bertz CT molecular complexity index is 353. The molecular weight excluding hydrogens is 162 g/mol. The fourth-order valence-corrected chi connectivity index (χ4v) is 1.74. The Kier molecular flexibility index (Phi) is 1.64. The van der Waals surface area contributed by atoms with E-state index in [0.29, 0.717) is 5.75 Å². The minimum atomic E-state index is -0.235. The van der Waals surface area contributed by atoms with Gasteiger partial charge in [-0.2, -0.15) is 0 Å². The van der Waals surface area contributed by atoms with Gasteiger partial charge in [0.2, 0.25) is 0 Å². The molecule has 0 atom stereocenters. The average Bonchev–Trinajstić information content (AvgIpc) is 2.77. The Hall–Kier alpha value is -1.02. The molecule has 0 bridgehead atoms. The third-order valence-corrected chi connectivity index (χ3v) is 2.77. The van der Waals surface area contributed by atoms with Crippen LogP contribution in [0.1, 0.15) is 29.5 Å². The highest BCUT2D eigenvalue weighted by atomic mass is 16.3. The summed E-state index contributed by atoms with van der Waals surface area (Å²) in [5, 5.41) is 9.82. The molecule has 2 rings (SSSR count). The Morgan fingerprint density at radius 1 is 1.31 bits per heavy atom. The number of phenols is 1. The van der Waals surface area contributed by atoms with Crippen molar-refractivity contribution in [3.8, 4) is 5.75 Å². The van der Waals surface area contributed by atoms with Crippen molar-refractivity contribution in [3.63, 3.8) is 0 Å². The van der Waals surface area contributed by atoms with Gasteiger partial charge in [0.1, 0.15) is 5.75 Å². The molecule has 13 heavy (non-hydrogen) atoms. The molecule has 0 unspecified atom stereocenters. The van der Waals surface area contributed by atoms with Gasteiger partial charge >= 0.3 is 0 Å². The van der Waals surface area contributed by atoms with E-state index < -0.39 is 0 Å². The summed E-state index contributed by atoms with van der Waals surface area (Å²) in [4.78, 5) is 0. The van der Waals surface area contributed by atoms with Gasteiger partial charge in [-0.3, -0.25) is 0 Å². The zero-order valence-electron chi connectivity index (χ0n) is 8.09. The minimum absolute atomic E-state index is 0.235. The van der Waals surface area contributed by atoms with Crippen LogP contribution < -0.4 is 5.73 Å². The van der Waals surface area contributed by atoms with Gasteiger partial charge in [-0.1, -0.05) is 17.7 Å². The number of benzene rings is 1. The smallest absolute Gasteiger partial charge is 0.123 e. The van der Waals surface area contributed by atoms with Gasteiger partial charge in [0, 0.05) is 11.1 Å². The van der Waals surface area contributed by atoms with Crippen LogP contribution in [-0.2, 0) is 5.54 Å². The first-order chi connectivity index (χ1) is 6.03. The molecule has 0 radical (unpaired) electrons.